The molecular formula is C9H9ClF3NOS. The van der Waals surface area contributed by atoms with E-state index < -0.39 is 24.5 Å². The molecule has 1 aromatic heterocycles. The number of halogens is 4. The van der Waals surface area contributed by atoms with Crippen molar-refractivity contribution in [2.45, 2.75) is 25.6 Å². The van der Waals surface area contributed by atoms with Crippen LogP contribution in [-0.4, -0.2) is 12.1 Å². The molecule has 0 aromatic carbocycles. The maximum Gasteiger partial charge on any atom is 0.397 e. The van der Waals surface area contributed by atoms with Crippen LogP contribution in [0.25, 0.3) is 0 Å². The maximum absolute atomic E-state index is 11.9. The molecule has 0 fully saturated rings. The Balaban J connectivity index is 2.52. The van der Waals surface area contributed by atoms with E-state index in [9.17, 15) is 18.0 Å². The van der Waals surface area contributed by atoms with Crippen LogP contribution in [0.3, 0.4) is 0 Å². The van der Waals surface area contributed by atoms with Gasteiger partial charge in [0, 0.05) is 4.88 Å². The molecule has 7 heteroatoms. The van der Waals surface area contributed by atoms with E-state index in [2.05, 4.69) is 5.32 Å². The number of thiophene rings is 1. The van der Waals surface area contributed by atoms with Crippen LogP contribution in [0.4, 0.5) is 13.2 Å². The Labute approximate surface area is 99.4 Å². The summed E-state index contributed by atoms with van der Waals surface area (Å²) in [5, 5.41) is 2.26. The number of hydrogen-bond donors (Lipinski definition) is 1. The first-order chi connectivity index (χ1) is 7.28. The summed E-state index contributed by atoms with van der Waals surface area (Å²) in [7, 11) is 0. The molecule has 90 valence electrons. The van der Waals surface area contributed by atoms with Gasteiger partial charge in [0.1, 0.15) is 6.42 Å². The molecule has 1 amide bonds. The molecule has 2 nitrogen and oxygen atoms in total. The van der Waals surface area contributed by atoms with E-state index in [-0.39, 0.29) is 0 Å². The van der Waals surface area contributed by atoms with Crippen LogP contribution in [0.1, 0.15) is 24.3 Å². The van der Waals surface area contributed by atoms with Gasteiger partial charge in [-0.05, 0) is 19.1 Å². The third-order valence-electron chi connectivity index (χ3n) is 1.76. The standard InChI is InChI=1S/C9H9ClF3NOS/c1-5(6-2-3-7(10)16-6)14-8(15)4-9(11,12)13/h2-3,5H,4H2,1H3,(H,14,15). The summed E-state index contributed by atoms with van der Waals surface area (Å²) in [5.41, 5.74) is 0. The zero-order chi connectivity index (χ0) is 12.3. The Hall–Kier alpha value is -0.750. The number of rotatable bonds is 3. The van der Waals surface area contributed by atoms with Crippen LogP contribution in [0.5, 0.6) is 0 Å². The van der Waals surface area contributed by atoms with Crippen LogP contribution >= 0.6 is 22.9 Å². The zero-order valence-corrected chi connectivity index (χ0v) is 9.84. The molecule has 0 aliphatic heterocycles. The van der Waals surface area contributed by atoms with E-state index in [0.717, 1.165) is 4.88 Å². The summed E-state index contributed by atoms with van der Waals surface area (Å²) in [5.74, 6) is -1.04. The molecule has 1 atom stereocenters. The lowest BCUT2D eigenvalue weighted by Gasteiger charge is -2.13. The van der Waals surface area contributed by atoms with Crippen molar-refractivity contribution in [3.05, 3.63) is 21.3 Å². The Morgan fingerprint density at radius 2 is 2.19 bits per heavy atom. The van der Waals surface area contributed by atoms with Crippen molar-refractivity contribution in [1.29, 1.82) is 0 Å². The summed E-state index contributed by atoms with van der Waals surface area (Å²) in [6.45, 7) is 1.61. The molecular weight excluding hydrogens is 263 g/mol. The van der Waals surface area contributed by atoms with Gasteiger partial charge in [-0.2, -0.15) is 13.2 Å². The topological polar surface area (TPSA) is 29.1 Å². The van der Waals surface area contributed by atoms with E-state index in [4.69, 9.17) is 11.6 Å². The number of hydrogen-bond acceptors (Lipinski definition) is 2. The van der Waals surface area contributed by atoms with Gasteiger partial charge in [0.25, 0.3) is 0 Å². The molecule has 0 spiro atoms. The van der Waals surface area contributed by atoms with Crippen LogP contribution in [-0.2, 0) is 4.79 Å². The Morgan fingerprint density at radius 3 is 2.62 bits per heavy atom. The lowest BCUT2D eigenvalue weighted by atomic mass is 10.2. The van der Waals surface area contributed by atoms with E-state index in [1.807, 2.05) is 0 Å². The molecule has 1 N–H and O–H groups in total. The van der Waals surface area contributed by atoms with Gasteiger partial charge in [-0.1, -0.05) is 11.6 Å². The predicted octanol–water partition coefficient (Wildman–Crippen LogP) is 3.53. The minimum atomic E-state index is -4.48. The minimum Gasteiger partial charge on any atom is -0.348 e. The van der Waals surface area contributed by atoms with Crippen molar-refractivity contribution >= 4 is 28.8 Å². The first-order valence-electron chi connectivity index (χ1n) is 4.39. The van der Waals surface area contributed by atoms with E-state index >= 15 is 0 Å². The molecule has 16 heavy (non-hydrogen) atoms. The van der Waals surface area contributed by atoms with Crippen LogP contribution in [0.2, 0.25) is 4.34 Å². The van der Waals surface area contributed by atoms with E-state index in [1.54, 1.807) is 19.1 Å². The first-order valence-corrected chi connectivity index (χ1v) is 5.59. The fourth-order valence-electron chi connectivity index (χ4n) is 1.11. The van der Waals surface area contributed by atoms with Crippen LogP contribution in [0.15, 0.2) is 12.1 Å². The number of carbonyl (C=O) groups is 1. The van der Waals surface area contributed by atoms with Crippen molar-refractivity contribution in [2.75, 3.05) is 0 Å². The van der Waals surface area contributed by atoms with Crippen molar-refractivity contribution in [3.8, 4) is 0 Å². The lowest BCUT2D eigenvalue weighted by Crippen LogP contribution is -2.30. The predicted molar refractivity (Wildman–Crippen MR) is 56.6 cm³/mol. The Kier molecular flexibility index (Phi) is 4.21. The van der Waals surface area contributed by atoms with E-state index in [0.29, 0.717) is 4.34 Å². The lowest BCUT2D eigenvalue weighted by molar-refractivity contribution is -0.154. The van der Waals surface area contributed by atoms with Crippen molar-refractivity contribution in [1.82, 2.24) is 5.32 Å². The van der Waals surface area contributed by atoms with Gasteiger partial charge in [0.05, 0.1) is 10.4 Å². The molecule has 1 unspecified atom stereocenters. The van der Waals surface area contributed by atoms with Crippen molar-refractivity contribution in [3.63, 3.8) is 0 Å². The molecule has 0 saturated carbocycles. The monoisotopic (exact) mass is 271 g/mol. The largest absolute Gasteiger partial charge is 0.397 e. The summed E-state index contributed by atoms with van der Waals surface area (Å²) < 4.78 is 36.2. The molecule has 0 aliphatic rings. The molecule has 0 aliphatic carbocycles. The van der Waals surface area contributed by atoms with Crippen molar-refractivity contribution < 1.29 is 18.0 Å². The van der Waals surface area contributed by atoms with Gasteiger partial charge in [-0.15, -0.1) is 11.3 Å². The number of amides is 1. The summed E-state index contributed by atoms with van der Waals surface area (Å²) in [6, 6.07) is 2.84. The van der Waals surface area contributed by atoms with Crippen LogP contribution in [0, 0.1) is 0 Å². The Morgan fingerprint density at radius 1 is 1.56 bits per heavy atom. The second kappa shape index (κ2) is 5.05. The second-order valence-corrected chi connectivity index (χ2v) is 4.97. The summed E-state index contributed by atoms with van der Waals surface area (Å²) >= 11 is 6.90. The van der Waals surface area contributed by atoms with Gasteiger partial charge in [-0.25, -0.2) is 0 Å². The SMILES string of the molecule is CC(NC(=O)CC(F)(F)F)c1ccc(Cl)s1. The summed E-state index contributed by atoms with van der Waals surface area (Å²) in [6.07, 6.45) is -5.94. The number of nitrogens with one attached hydrogen (secondary N) is 1. The van der Waals surface area contributed by atoms with Gasteiger partial charge < -0.3 is 5.32 Å². The summed E-state index contributed by atoms with van der Waals surface area (Å²) in [4.78, 5) is 11.7. The second-order valence-electron chi connectivity index (χ2n) is 3.22. The number of alkyl halides is 3. The average Bonchev–Trinajstić information content (AvgIpc) is 2.47. The quantitative estimate of drug-likeness (QED) is 0.895. The fraction of sp³-hybridized carbons (Fsp3) is 0.444. The highest BCUT2D eigenvalue weighted by Gasteiger charge is 2.31. The third kappa shape index (κ3) is 4.40. The normalized spacial score (nSPS) is 13.6. The molecule has 1 aromatic rings. The average molecular weight is 272 g/mol. The highest BCUT2D eigenvalue weighted by atomic mass is 35.5. The highest BCUT2D eigenvalue weighted by molar-refractivity contribution is 7.16. The van der Waals surface area contributed by atoms with Gasteiger partial charge in [-0.3, -0.25) is 4.79 Å². The third-order valence-corrected chi connectivity index (χ3v) is 3.17. The molecule has 0 radical (unpaired) electrons. The smallest absolute Gasteiger partial charge is 0.348 e. The molecule has 0 saturated heterocycles. The number of carbonyl (C=O) groups excluding carboxylic acids is 1. The minimum absolute atomic E-state index is 0.465. The highest BCUT2D eigenvalue weighted by Crippen LogP contribution is 2.27. The van der Waals surface area contributed by atoms with Crippen LogP contribution < -0.4 is 5.32 Å². The fourth-order valence-corrected chi connectivity index (χ4v) is 2.17. The van der Waals surface area contributed by atoms with Gasteiger partial charge in [0.15, 0.2) is 0 Å². The molecule has 1 rings (SSSR count). The van der Waals surface area contributed by atoms with E-state index in [1.165, 1.54) is 11.3 Å². The van der Waals surface area contributed by atoms with Gasteiger partial charge in [0.2, 0.25) is 5.91 Å². The molecule has 1 heterocycles. The molecule has 0 bridgehead atoms. The van der Waals surface area contributed by atoms with Gasteiger partial charge >= 0.3 is 6.18 Å². The van der Waals surface area contributed by atoms with Crippen molar-refractivity contribution in [2.24, 2.45) is 0 Å². The zero-order valence-electron chi connectivity index (χ0n) is 8.27. The maximum atomic E-state index is 11.9. The Bertz CT molecular complexity index is 377. The first kappa shape index (κ1) is 13.3.